The average molecular weight is 254 g/mol. The molecule has 3 rings (SSSR count). The van der Waals surface area contributed by atoms with E-state index in [1.807, 2.05) is 0 Å². The fraction of sp³-hybridized carbons (Fsp3) is 0.700. The summed E-state index contributed by atoms with van der Waals surface area (Å²) in [5, 5.41) is 7.30. The van der Waals surface area contributed by atoms with Gasteiger partial charge in [0.15, 0.2) is 5.17 Å². The maximum absolute atomic E-state index is 12.1. The lowest BCUT2D eigenvalue weighted by Gasteiger charge is -2.18. The van der Waals surface area contributed by atoms with E-state index in [1.54, 1.807) is 4.90 Å². The second-order valence-corrected chi connectivity index (χ2v) is 5.81. The van der Waals surface area contributed by atoms with Crippen LogP contribution in [0, 0.1) is 5.41 Å². The van der Waals surface area contributed by atoms with Crippen molar-refractivity contribution in [3.8, 4) is 0 Å². The van der Waals surface area contributed by atoms with Crippen LogP contribution in [0.15, 0.2) is 5.10 Å². The maximum Gasteiger partial charge on any atom is 0.248 e. The van der Waals surface area contributed by atoms with E-state index in [4.69, 9.17) is 0 Å². The van der Waals surface area contributed by atoms with Crippen molar-refractivity contribution in [3.63, 3.8) is 0 Å². The van der Waals surface area contributed by atoms with Crippen LogP contribution in [0.2, 0.25) is 0 Å². The topological polar surface area (TPSA) is 73.8 Å². The van der Waals surface area contributed by atoms with Crippen molar-refractivity contribution in [3.05, 3.63) is 0 Å². The molecule has 1 saturated carbocycles. The second kappa shape index (κ2) is 3.90. The monoisotopic (exact) mass is 254 g/mol. The van der Waals surface area contributed by atoms with Crippen LogP contribution in [-0.2, 0) is 9.59 Å². The van der Waals surface area contributed by atoms with Gasteiger partial charge in [-0.15, -0.1) is 0 Å². The van der Waals surface area contributed by atoms with Crippen molar-refractivity contribution in [2.45, 2.75) is 25.3 Å². The summed E-state index contributed by atoms with van der Waals surface area (Å²) < 4.78 is 0. The van der Waals surface area contributed by atoms with Gasteiger partial charge in [-0.2, -0.15) is 5.10 Å². The van der Waals surface area contributed by atoms with Gasteiger partial charge in [0, 0.05) is 6.54 Å². The molecule has 17 heavy (non-hydrogen) atoms. The number of hydrogen-bond acceptors (Lipinski definition) is 5. The van der Waals surface area contributed by atoms with E-state index in [1.165, 1.54) is 11.8 Å². The van der Waals surface area contributed by atoms with Crippen LogP contribution in [0.4, 0.5) is 0 Å². The Morgan fingerprint density at radius 1 is 1.65 bits per heavy atom. The number of nitrogens with one attached hydrogen (secondary N) is 2. The highest BCUT2D eigenvalue weighted by atomic mass is 32.2. The maximum atomic E-state index is 12.1. The molecule has 2 N–H and O–H groups in total. The van der Waals surface area contributed by atoms with Gasteiger partial charge in [-0.3, -0.25) is 15.0 Å². The third-order valence-corrected chi connectivity index (χ3v) is 4.36. The van der Waals surface area contributed by atoms with Gasteiger partial charge in [0.2, 0.25) is 12.3 Å². The number of hydrogen-bond donors (Lipinski definition) is 2. The number of likely N-dealkylation sites (tertiary alicyclic amines) is 1. The van der Waals surface area contributed by atoms with Crippen LogP contribution < -0.4 is 10.7 Å². The molecular formula is C10H14N4O2S. The van der Waals surface area contributed by atoms with Crippen LogP contribution >= 0.6 is 11.8 Å². The third-order valence-electron chi connectivity index (χ3n) is 3.62. The molecule has 0 bridgehead atoms. The summed E-state index contributed by atoms with van der Waals surface area (Å²) in [7, 11) is 0. The molecule has 7 heteroatoms. The minimum absolute atomic E-state index is 0.115. The number of thioether (sulfide) groups is 1. The molecule has 2 aliphatic heterocycles. The van der Waals surface area contributed by atoms with E-state index in [0.717, 1.165) is 32.2 Å². The van der Waals surface area contributed by atoms with Crippen molar-refractivity contribution < 1.29 is 9.59 Å². The van der Waals surface area contributed by atoms with Crippen molar-refractivity contribution in [1.29, 1.82) is 0 Å². The molecule has 2 amide bonds. The second-order valence-electron chi connectivity index (χ2n) is 4.85. The predicted octanol–water partition coefficient (Wildman–Crippen LogP) is -0.322. The highest BCUT2D eigenvalue weighted by molar-refractivity contribution is 8.14. The number of amidine groups is 1. The van der Waals surface area contributed by atoms with Gasteiger partial charge in [-0.1, -0.05) is 11.8 Å². The van der Waals surface area contributed by atoms with E-state index in [9.17, 15) is 9.59 Å². The zero-order chi connectivity index (χ0) is 11.9. The first-order valence-corrected chi connectivity index (χ1v) is 6.66. The van der Waals surface area contributed by atoms with Gasteiger partial charge in [0.1, 0.15) is 6.04 Å². The molecule has 2 fully saturated rings. The highest BCUT2D eigenvalue weighted by Gasteiger charge is 2.53. The zero-order valence-electron chi connectivity index (χ0n) is 9.31. The van der Waals surface area contributed by atoms with Crippen LogP contribution in [0.1, 0.15) is 19.3 Å². The van der Waals surface area contributed by atoms with Crippen LogP contribution in [0.3, 0.4) is 0 Å². The molecule has 92 valence electrons. The first kappa shape index (κ1) is 10.9. The summed E-state index contributed by atoms with van der Waals surface area (Å²) in [6.45, 7) is 0.729. The number of amides is 2. The number of hydrazone groups is 1. The molecule has 0 aromatic carbocycles. The largest absolute Gasteiger partial charge is 0.333 e. The van der Waals surface area contributed by atoms with E-state index >= 15 is 0 Å². The molecule has 1 saturated heterocycles. The molecule has 1 unspecified atom stereocenters. The molecule has 0 aromatic rings. The van der Waals surface area contributed by atoms with Crippen LogP contribution in [0.25, 0.3) is 0 Å². The summed E-state index contributed by atoms with van der Waals surface area (Å²) in [5.41, 5.74) is 3.02. The normalized spacial score (nSPS) is 28.8. The standard InChI is InChI=1S/C10H14N4O2S/c15-6-14-4-10(1-2-10)3-7(14)8(16)12-9-13-11-5-17-9/h6-7,11H,1-5H2,(H,12,13,16). The Balaban J connectivity index is 1.66. The van der Waals surface area contributed by atoms with E-state index in [-0.39, 0.29) is 17.4 Å². The number of nitrogens with zero attached hydrogens (tertiary/aromatic N) is 2. The fourth-order valence-electron chi connectivity index (χ4n) is 2.47. The Bertz CT molecular complexity index is 394. The smallest absolute Gasteiger partial charge is 0.248 e. The molecule has 6 nitrogen and oxygen atoms in total. The molecule has 0 radical (unpaired) electrons. The Morgan fingerprint density at radius 3 is 3.06 bits per heavy atom. The Kier molecular flexibility index (Phi) is 2.50. The van der Waals surface area contributed by atoms with Crippen LogP contribution in [-0.4, -0.2) is 40.8 Å². The zero-order valence-corrected chi connectivity index (χ0v) is 10.1. The lowest BCUT2D eigenvalue weighted by Crippen LogP contribution is -2.44. The summed E-state index contributed by atoms with van der Waals surface area (Å²) in [4.78, 5) is 24.6. The van der Waals surface area contributed by atoms with Gasteiger partial charge >= 0.3 is 0 Å². The fourth-order valence-corrected chi connectivity index (χ4v) is 3.04. The van der Waals surface area contributed by atoms with Gasteiger partial charge in [-0.25, -0.2) is 0 Å². The SMILES string of the molecule is O=CN1CC2(CC2)CC1C(=O)NC1=NNCS1. The highest BCUT2D eigenvalue weighted by Crippen LogP contribution is 2.54. The van der Waals surface area contributed by atoms with Gasteiger partial charge in [0.05, 0.1) is 5.88 Å². The summed E-state index contributed by atoms with van der Waals surface area (Å²) >= 11 is 1.45. The average Bonchev–Trinajstić information content (AvgIpc) is 2.76. The number of carbonyl (C=O) groups is 2. The predicted molar refractivity (Wildman–Crippen MR) is 64.0 cm³/mol. The van der Waals surface area contributed by atoms with E-state index in [0.29, 0.717) is 11.0 Å². The molecule has 2 heterocycles. The Labute approximate surface area is 103 Å². The van der Waals surface area contributed by atoms with Crippen molar-refractivity contribution in [1.82, 2.24) is 15.6 Å². The lowest BCUT2D eigenvalue weighted by molar-refractivity contribution is -0.130. The molecule has 1 aliphatic carbocycles. The van der Waals surface area contributed by atoms with E-state index < -0.39 is 0 Å². The molecular weight excluding hydrogens is 240 g/mol. The summed E-state index contributed by atoms with van der Waals surface area (Å²) in [6.07, 6.45) is 3.86. The summed E-state index contributed by atoms with van der Waals surface area (Å²) in [6, 6.07) is -0.320. The van der Waals surface area contributed by atoms with Gasteiger partial charge < -0.3 is 10.2 Å². The quantitative estimate of drug-likeness (QED) is 0.662. The minimum Gasteiger partial charge on any atom is -0.333 e. The Hall–Kier alpha value is -1.24. The van der Waals surface area contributed by atoms with Gasteiger partial charge in [-0.05, 0) is 24.7 Å². The van der Waals surface area contributed by atoms with E-state index in [2.05, 4.69) is 15.8 Å². The first-order valence-electron chi connectivity index (χ1n) is 5.68. The molecule has 3 aliphatic rings. The van der Waals surface area contributed by atoms with Crippen molar-refractivity contribution in [2.24, 2.45) is 10.5 Å². The Morgan fingerprint density at radius 2 is 2.47 bits per heavy atom. The summed E-state index contributed by atoms with van der Waals surface area (Å²) in [5.74, 6) is 0.567. The molecule has 0 aromatic heterocycles. The van der Waals surface area contributed by atoms with Gasteiger partial charge in [0.25, 0.3) is 0 Å². The molecule has 1 atom stereocenters. The lowest BCUT2D eigenvalue weighted by atomic mass is 10.0. The third kappa shape index (κ3) is 1.99. The minimum atomic E-state index is -0.320. The van der Waals surface area contributed by atoms with Crippen LogP contribution in [0.5, 0.6) is 0 Å². The number of rotatable bonds is 2. The number of carbonyl (C=O) groups excluding carboxylic acids is 2. The van der Waals surface area contributed by atoms with Crippen molar-refractivity contribution >= 4 is 29.2 Å². The molecule has 1 spiro atoms. The van der Waals surface area contributed by atoms with Crippen molar-refractivity contribution in [2.75, 3.05) is 12.4 Å². The first-order chi connectivity index (χ1) is 8.22.